The first-order valence-corrected chi connectivity index (χ1v) is 6.13. The third-order valence-corrected chi connectivity index (χ3v) is 2.78. The fraction of sp³-hybridized carbons (Fsp3) is 0.0769. The Hall–Kier alpha value is -1.86. The van der Waals surface area contributed by atoms with E-state index in [9.17, 15) is 0 Å². The molecule has 0 bridgehead atoms. The summed E-state index contributed by atoms with van der Waals surface area (Å²) >= 11 is 3.38. The van der Waals surface area contributed by atoms with Crippen LogP contribution in [0.1, 0.15) is 11.1 Å². The molecule has 0 saturated heterocycles. The highest BCUT2D eigenvalue weighted by atomic mass is 79.9. The van der Waals surface area contributed by atoms with E-state index in [-0.39, 0.29) is 0 Å². The van der Waals surface area contributed by atoms with Gasteiger partial charge in [0.1, 0.15) is 5.75 Å². The zero-order valence-electron chi connectivity index (χ0n) is 8.93. The van der Waals surface area contributed by atoms with Gasteiger partial charge in [-0.2, -0.15) is 5.26 Å². The van der Waals surface area contributed by atoms with Crippen molar-refractivity contribution < 1.29 is 4.74 Å². The SMILES string of the molecule is N#Cc1cccc(Oc2ncccc2CBr)c1. The summed E-state index contributed by atoms with van der Waals surface area (Å²) in [6.07, 6.45) is 1.68. The Bertz CT molecular complexity index is 563. The van der Waals surface area contributed by atoms with Gasteiger partial charge >= 0.3 is 0 Å². The van der Waals surface area contributed by atoms with E-state index in [0.29, 0.717) is 22.5 Å². The first-order chi connectivity index (χ1) is 8.33. The molecule has 2 aromatic rings. The van der Waals surface area contributed by atoms with Crippen molar-refractivity contribution >= 4 is 15.9 Å². The maximum Gasteiger partial charge on any atom is 0.223 e. The van der Waals surface area contributed by atoms with Gasteiger partial charge in [0.25, 0.3) is 0 Å². The number of rotatable bonds is 3. The Morgan fingerprint density at radius 3 is 2.94 bits per heavy atom. The van der Waals surface area contributed by atoms with Gasteiger partial charge in [0.2, 0.25) is 5.88 Å². The van der Waals surface area contributed by atoms with Gasteiger partial charge in [0.05, 0.1) is 11.6 Å². The zero-order valence-corrected chi connectivity index (χ0v) is 10.5. The van der Waals surface area contributed by atoms with Crippen LogP contribution in [0.4, 0.5) is 0 Å². The van der Waals surface area contributed by atoms with Gasteiger partial charge in [-0.05, 0) is 24.3 Å². The van der Waals surface area contributed by atoms with Crippen molar-refractivity contribution in [3.63, 3.8) is 0 Å². The molecular weight excluding hydrogens is 280 g/mol. The van der Waals surface area contributed by atoms with Gasteiger partial charge in [0, 0.05) is 17.1 Å². The Kier molecular flexibility index (Phi) is 3.73. The molecule has 0 aliphatic rings. The lowest BCUT2D eigenvalue weighted by molar-refractivity contribution is 0.458. The molecule has 2 rings (SSSR count). The fourth-order valence-corrected chi connectivity index (χ4v) is 1.79. The highest BCUT2D eigenvalue weighted by Gasteiger charge is 2.05. The molecule has 0 aliphatic carbocycles. The van der Waals surface area contributed by atoms with Gasteiger partial charge in [-0.25, -0.2) is 4.98 Å². The lowest BCUT2D eigenvalue weighted by Gasteiger charge is -2.07. The number of hydrogen-bond acceptors (Lipinski definition) is 3. The second kappa shape index (κ2) is 5.46. The second-order valence-electron chi connectivity index (χ2n) is 3.34. The first-order valence-electron chi connectivity index (χ1n) is 5.01. The van der Waals surface area contributed by atoms with E-state index < -0.39 is 0 Å². The third-order valence-electron chi connectivity index (χ3n) is 2.17. The molecule has 0 N–H and O–H groups in total. The van der Waals surface area contributed by atoms with E-state index in [1.165, 1.54) is 0 Å². The van der Waals surface area contributed by atoms with E-state index in [2.05, 4.69) is 27.0 Å². The fourth-order valence-electron chi connectivity index (χ4n) is 1.36. The Balaban J connectivity index is 2.28. The Morgan fingerprint density at radius 1 is 1.29 bits per heavy atom. The molecule has 84 valence electrons. The molecule has 0 unspecified atom stereocenters. The minimum atomic E-state index is 0.555. The zero-order chi connectivity index (χ0) is 12.1. The predicted molar refractivity (Wildman–Crippen MR) is 68.1 cm³/mol. The number of nitrogens with zero attached hydrogens (tertiary/aromatic N) is 2. The van der Waals surface area contributed by atoms with Crippen molar-refractivity contribution in [1.82, 2.24) is 4.98 Å². The van der Waals surface area contributed by atoms with E-state index in [1.807, 2.05) is 12.1 Å². The average Bonchev–Trinajstić information content (AvgIpc) is 2.39. The van der Waals surface area contributed by atoms with Gasteiger partial charge in [-0.3, -0.25) is 0 Å². The summed E-state index contributed by atoms with van der Waals surface area (Å²) in [6, 6.07) is 12.9. The number of halogens is 1. The van der Waals surface area contributed by atoms with Crippen LogP contribution in [0, 0.1) is 11.3 Å². The van der Waals surface area contributed by atoms with Crippen LogP contribution in [-0.4, -0.2) is 4.98 Å². The number of alkyl halides is 1. The number of aromatic nitrogens is 1. The van der Waals surface area contributed by atoms with E-state index >= 15 is 0 Å². The highest BCUT2D eigenvalue weighted by Crippen LogP contribution is 2.24. The number of nitriles is 1. The molecular formula is C13H9BrN2O. The van der Waals surface area contributed by atoms with Gasteiger partial charge < -0.3 is 4.74 Å². The summed E-state index contributed by atoms with van der Waals surface area (Å²) in [4.78, 5) is 4.17. The largest absolute Gasteiger partial charge is 0.439 e. The molecule has 3 nitrogen and oxygen atoms in total. The molecule has 0 atom stereocenters. The molecule has 0 radical (unpaired) electrons. The number of ether oxygens (including phenoxy) is 1. The molecule has 0 aliphatic heterocycles. The van der Waals surface area contributed by atoms with Crippen LogP contribution in [0.5, 0.6) is 11.6 Å². The molecule has 0 saturated carbocycles. The van der Waals surface area contributed by atoms with Crippen LogP contribution in [0.25, 0.3) is 0 Å². The Labute approximate surface area is 108 Å². The summed E-state index contributed by atoms with van der Waals surface area (Å²) in [5.74, 6) is 1.17. The molecule has 4 heteroatoms. The quantitative estimate of drug-likeness (QED) is 0.810. The summed E-state index contributed by atoms with van der Waals surface area (Å²) in [5, 5.41) is 9.47. The highest BCUT2D eigenvalue weighted by molar-refractivity contribution is 9.08. The maximum absolute atomic E-state index is 8.80. The van der Waals surface area contributed by atoms with Crippen LogP contribution in [-0.2, 0) is 5.33 Å². The molecule has 1 heterocycles. The minimum absolute atomic E-state index is 0.555. The lowest BCUT2D eigenvalue weighted by atomic mass is 10.2. The smallest absolute Gasteiger partial charge is 0.223 e. The number of hydrogen-bond donors (Lipinski definition) is 0. The topological polar surface area (TPSA) is 45.9 Å². The molecule has 0 fully saturated rings. The normalized spacial score (nSPS) is 9.65. The first kappa shape index (κ1) is 11.6. The summed E-state index contributed by atoms with van der Waals surface area (Å²) in [5.41, 5.74) is 1.54. The summed E-state index contributed by atoms with van der Waals surface area (Å²) in [6.45, 7) is 0. The molecule has 1 aromatic heterocycles. The number of benzene rings is 1. The minimum Gasteiger partial charge on any atom is -0.439 e. The van der Waals surface area contributed by atoms with Crippen molar-refractivity contribution in [2.24, 2.45) is 0 Å². The lowest BCUT2D eigenvalue weighted by Crippen LogP contribution is -1.92. The van der Waals surface area contributed by atoms with Gasteiger partial charge in [-0.15, -0.1) is 0 Å². The maximum atomic E-state index is 8.80. The van der Waals surface area contributed by atoms with Crippen molar-refractivity contribution in [2.45, 2.75) is 5.33 Å². The molecule has 17 heavy (non-hydrogen) atoms. The van der Waals surface area contributed by atoms with Crippen molar-refractivity contribution in [1.29, 1.82) is 5.26 Å². The van der Waals surface area contributed by atoms with E-state index in [1.54, 1.807) is 30.5 Å². The second-order valence-corrected chi connectivity index (χ2v) is 3.90. The van der Waals surface area contributed by atoms with E-state index in [4.69, 9.17) is 10.00 Å². The van der Waals surface area contributed by atoms with Gasteiger partial charge in [0.15, 0.2) is 0 Å². The van der Waals surface area contributed by atoms with Crippen LogP contribution in [0.15, 0.2) is 42.6 Å². The summed E-state index contributed by atoms with van der Waals surface area (Å²) in [7, 11) is 0. The van der Waals surface area contributed by atoms with Crippen LogP contribution in [0.3, 0.4) is 0 Å². The average molecular weight is 289 g/mol. The predicted octanol–water partition coefficient (Wildman–Crippen LogP) is 3.64. The molecule has 0 amide bonds. The molecule has 1 aromatic carbocycles. The van der Waals surface area contributed by atoms with Crippen LogP contribution >= 0.6 is 15.9 Å². The summed E-state index contributed by atoms with van der Waals surface area (Å²) < 4.78 is 5.65. The van der Waals surface area contributed by atoms with Crippen LogP contribution in [0.2, 0.25) is 0 Å². The number of pyridine rings is 1. The van der Waals surface area contributed by atoms with Crippen molar-refractivity contribution in [3.8, 4) is 17.7 Å². The van der Waals surface area contributed by atoms with E-state index in [0.717, 1.165) is 5.56 Å². The van der Waals surface area contributed by atoms with Gasteiger partial charge in [-0.1, -0.05) is 28.1 Å². The van der Waals surface area contributed by atoms with Crippen molar-refractivity contribution in [2.75, 3.05) is 0 Å². The monoisotopic (exact) mass is 288 g/mol. The Morgan fingerprint density at radius 2 is 2.18 bits per heavy atom. The molecule has 0 spiro atoms. The third kappa shape index (κ3) is 2.83. The van der Waals surface area contributed by atoms with Crippen molar-refractivity contribution in [3.05, 3.63) is 53.7 Å². The standard InChI is InChI=1S/C13H9BrN2O/c14-8-11-4-2-6-16-13(11)17-12-5-1-3-10(7-12)9-15/h1-7H,8H2. The van der Waals surface area contributed by atoms with Crippen LogP contribution < -0.4 is 4.74 Å².